The smallest absolute Gasteiger partial charge is 0.272 e. The zero-order valence-corrected chi connectivity index (χ0v) is 15.9. The van der Waals surface area contributed by atoms with Gasteiger partial charge in [-0.25, -0.2) is 4.98 Å². The van der Waals surface area contributed by atoms with Gasteiger partial charge in [0.25, 0.3) is 5.91 Å². The van der Waals surface area contributed by atoms with Gasteiger partial charge in [-0.2, -0.15) is 10.4 Å². The van der Waals surface area contributed by atoms with Crippen LogP contribution < -0.4 is 14.2 Å². The number of fused-ring (bicyclic) bond motifs is 1. The summed E-state index contributed by atoms with van der Waals surface area (Å²) in [6.07, 6.45) is 2.05. The van der Waals surface area contributed by atoms with Crippen molar-refractivity contribution in [2.45, 2.75) is 12.5 Å². The Bertz CT molecular complexity index is 1150. The molecule has 9 nitrogen and oxygen atoms in total. The van der Waals surface area contributed by atoms with Crippen LogP contribution >= 0.6 is 0 Å². The van der Waals surface area contributed by atoms with E-state index in [0.717, 1.165) is 5.56 Å². The maximum absolute atomic E-state index is 12.9. The quantitative estimate of drug-likeness (QED) is 0.711. The summed E-state index contributed by atoms with van der Waals surface area (Å²) in [6.45, 7) is 1.22. The lowest BCUT2D eigenvalue weighted by atomic mass is 10.1. The first-order chi connectivity index (χ1) is 14.7. The third kappa shape index (κ3) is 3.39. The van der Waals surface area contributed by atoms with E-state index >= 15 is 0 Å². The van der Waals surface area contributed by atoms with Crippen LogP contribution in [0.15, 0.2) is 42.6 Å². The van der Waals surface area contributed by atoms with Crippen LogP contribution in [0.25, 0.3) is 11.3 Å². The van der Waals surface area contributed by atoms with E-state index in [0.29, 0.717) is 53.8 Å². The lowest BCUT2D eigenvalue weighted by Crippen LogP contribution is -2.31. The summed E-state index contributed by atoms with van der Waals surface area (Å²) in [5.74, 6) is 1.61. The minimum atomic E-state index is -0.174. The van der Waals surface area contributed by atoms with Crippen LogP contribution in [0.1, 0.15) is 22.5 Å². The second-order valence-corrected chi connectivity index (χ2v) is 7.01. The lowest BCUT2D eigenvalue weighted by molar-refractivity contribution is 0.0765. The second kappa shape index (κ2) is 7.40. The maximum Gasteiger partial charge on any atom is 0.272 e. The highest BCUT2D eigenvalue weighted by molar-refractivity contribution is 5.93. The normalized spacial score (nSPS) is 17.0. The van der Waals surface area contributed by atoms with E-state index in [4.69, 9.17) is 19.5 Å². The van der Waals surface area contributed by atoms with Gasteiger partial charge in [0, 0.05) is 30.8 Å². The van der Waals surface area contributed by atoms with Crippen molar-refractivity contribution >= 4 is 5.91 Å². The van der Waals surface area contributed by atoms with E-state index in [1.54, 1.807) is 23.1 Å². The molecule has 5 rings (SSSR count). The Labute approximate surface area is 171 Å². The van der Waals surface area contributed by atoms with Crippen molar-refractivity contribution in [3.05, 3.63) is 53.9 Å². The number of carbonyl (C=O) groups is 1. The molecule has 1 fully saturated rings. The minimum absolute atomic E-state index is 0.140. The Kier molecular flexibility index (Phi) is 4.44. The molecule has 1 unspecified atom stereocenters. The van der Waals surface area contributed by atoms with Gasteiger partial charge in [-0.3, -0.25) is 9.89 Å². The molecule has 9 heteroatoms. The number of nitrogens with one attached hydrogen (secondary N) is 1. The number of carbonyl (C=O) groups excluding carboxylic acids is 1. The van der Waals surface area contributed by atoms with Crippen LogP contribution in [0, 0.1) is 11.3 Å². The highest BCUT2D eigenvalue weighted by atomic mass is 16.7. The van der Waals surface area contributed by atoms with E-state index in [1.807, 2.05) is 18.2 Å². The average Bonchev–Trinajstić information content (AvgIpc) is 3.53. The molecule has 4 heterocycles. The lowest BCUT2D eigenvalue weighted by Gasteiger charge is -2.16. The molecular formula is C21H17N5O4. The van der Waals surface area contributed by atoms with Gasteiger partial charge in [-0.1, -0.05) is 0 Å². The summed E-state index contributed by atoms with van der Waals surface area (Å²) < 4.78 is 16.6. The topological polar surface area (TPSA) is 113 Å². The number of hydrogen-bond donors (Lipinski definition) is 1. The number of nitrogens with zero attached hydrogens (tertiary/aromatic N) is 4. The third-order valence-electron chi connectivity index (χ3n) is 5.06. The zero-order valence-electron chi connectivity index (χ0n) is 15.9. The van der Waals surface area contributed by atoms with Crippen molar-refractivity contribution in [1.82, 2.24) is 20.1 Å². The van der Waals surface area contributed by atoms with Gasteiger partial charge in [-0.15, -0.1) is 0 Å². The van der Waals surface area contributed by atoms with Crippen molar-refractivity contribution in [2.75, 3.05) is 19.9 Å². The molecule has 0 saturated carbocycles. The molecule has 2 aromatic heterocycles. The summed E-state index contributed by atoms with van der Waals surface area (Å²) in [6, 6.07) is 12.5. The van der Waals surface area contributed by atoms with Crippen LogP contribution in [0.2, 0.25) is 0 Å². The number of amides is 1. The molecule has 0 radical (unpaired) electrons. The molecule has 2 aliphatic rings. The Morgan fingerprint density at radius 2 is 2.13 bits per heavy atom. The predicted molar refractivity (Wildman–Crippen MR) is 104 cm³/mol. The van der Waals surface area contributed by atoms with Gasteiger partial charge in [0.15, 0.2) is 11.5 Å². The number of aromatic nitrogens is 3. The average molecular weight is 403 g/mol. The van der Waals surface area contributed by atoms with Gasteiger partial charge in [0.1, 0.15) is 11.8 Å². The summed E-state index contributed by atoms with van der Waals surface area (Å²) in [5.41, 5.74) is 2.38. The molecule has 1 saturated heterocycles. The molecular weight excluding hydrogens is 386 g/mol. The van der Waals surface area contributed by atoms with Crippen molar-refractivity contribution in [3.63, 3.8) is 0 Å². The molecule has 1 N–H and O–H groups in total. The molecule has 0 aliphatic carbocycles. The molecule has 2 aliphatic heterocycles. The Hall–Kier alpha value is -4.06. The van der Waals surface area contributed by atoms with Crippen LogP contribution in [-0.4, -0.2) is 52.0 Å². The standard InChI is InChI=1S/C21H17N5O4/c22-10-13-3-5-23-20(7-13)30-15-4-6-26(11-15)21(27)17-9-16(24-25-17)14-1-2-18-19(8-14)29-12-28-18/h1-3,5,7-9,15H,4,6,11-12H2,(H,24,25). The van der Waals surface area contributed by atoms with Crippen molar-refractivity contribution in [2.24, 2.45) is 0 Å². The first-order valence-electron chi connectivity index (χ1n) is 9.47. The number of aromatic amines is 1. The molecule has 1 atom stereocenters. The third-order valence-corrected chi connectivity index (χ3v) is 5.06. The monoisotopic (exact) mass is 403 g/mol. The Morgan fingerprint density at radius 1 is 1.23 bits per heavy atom. The largest absolute Gasteiger partial charge is 0.472 e. The fraction of sp³-hybridized carbons (Fsp3) is 0.238. The fourth-order valence-corrected chi connectivity index (χ4v) is 3.53. The van der Waals surface area contributed by atoms with Gasteiger partial charge < -0.3 is 19.1 Å². The molecule has 1 aromatic carbocycles. The maximum atomic E-state index is 12.9. The molecule has 30 heavy (non-hydrogen) atoms. The zero-order chi connectivity index (χ0) is 20.5. The van der Waals surface area contributed by atoms with Gasteiger partial charge in [0.05, 0.1) is 23.9 Å². The Morgan fingerprint density at radius 3 is 3.03 bits per heavy atom. The second-order valence-electron chi connectivity index (χ2n) is 7.01. The van der Waals surface area contributed by atoms with E-state index < -0.39 is 0 Å². The summed E-state index contributed by atoms with van der Waals surface area (Å²) in [4.78, 5) is 18.7. The highest BCUT2D eigenvalue weighted by Gasteiger charge is 2.29. The number of likely N-dealkylation sites (tertiary alicyclic amines) is 1. The van der Waals surface area contributed by atoms with Crippen molar-refractivity contribution < 1.29 is 19.0 Å². The first kappa shape index (κ1) is 18.0. The van der Waals surface area contributed by atoms with Crippen LogP contribution in [0.5, 0.6) is 17.4 Å². The van der Waals surface area contributed by atoms with E-state index in [2.05, 4.69) is 21.3 Å². The summed E-state index contributed by atoms with van der Waals surface area (Å²) in [7, 11) is 0. The summed E-state index contributed by atoms with van der Waals surface area (Å²) in [5, 5.41) is 16.1. The van der Waals surface area contributed by atoms with E-state index in [1.165, 1.54) is 6.20 Å². The number of rotatable bonds is 4. The molecule has 150 valence electrons. The molecule has 0 spiro atoms. The number of pyridine rings is 1. The number of benzene rings is 1. The Balaban J connectivity index is 1.25. The first-order valence-corrected chi connectivity index (χ1v) is 9.47. The minimum Gasteiger partial charge on any atom is -0.472 e. The molecule has 1 amide bonds. The highest BCUT2D eigenvalue weighted by Crippen LogP contribution is 2.35. The van der Waals surface area contributed by atoms with Crippen molar-refractivity contribution in [1.29, 1.82) is 5.26 Å². The number of H-pyrrole nitrogens is 1. The SMILES string of the molecule is N#Cc1ccnc(OC2CCN(C(=O)c3cc(-c4ccc5c(c4)OCO5)n[nH]3)C2)c1. The van der Waals surface area contributed by atoms with Crippen molar-refractivity contribution in [3.8, 4) is 34.7 Å². The number of ether oxygens (including phenoxy) is 3. The van der Waals surface area contributed by atoms with Crippen LogP contribution in [0.4, 0.5) is 0 Å². The molecule has 0 bridgehead atoms. The van der Waals surface area contributed by atoms with Crippen LogP contribution in [0.3, 0.4) is 0 Å². The predicted octanol–water partition coefficient (Wildman–Crippen LogP) is 2.37. The van der Waals surface area contributed by atoms with E-state index in [-0.39, 0.29) is 18.8 Å². The fourth-order valence-electron chi connectivity index (χ4n) is 3.53. The van der Waals surface area contributed by atoms with Gasteiger partial charge in [-0.05, 0) is 30.3 Å². The van der Waals surface area contributed by atoms with Gasteiger partial charge in [0.2, 0.25) is 12.7 Å². The summed E-state index contributed by atoms with van der Waals surface area (Å²) >= 11 is 0. The van der Waals surface area contributed by atoms with E-state index in [9.17, 15) is 4.79 Å². The van der Waals surface area contributed by atoms with Gasteiger partial charge >= 0.3 is 0 Å². The van der Waals surface area contributed by atoms with Crippen LogP contribution in [-0.2, 0) is 0 Å². The number of hydrogen-bond acceptors (Lipinski definition) is 7. The number of nitriles is 1. The molecule has 3 aromatic rings.